The van der Waals surface area contributed by atoms with Gasteiger partial charge in [0.05, 0.1) is 6.67 Å². The zero-order valence-electron chi connectivity index (χ0n) is 9.80. The van der Waals surface area contributed by atoms with E-state index in [0.29, 0.717) is 28.2 Å². The molecular weight excluding hydrogens is 340 g/mol. The summed E-state index contributed by atoms with van der Waals surface area (Å²) in [5.74, 6) is -0.0158. The molecule has 5 nitrogen and oxygen atoms in total. The van der Waals surface area contributed by atoms with E-state index >= 15 is 0 Å². The third kappa shape index (κ3) is 2.47. The van der Waals surface area contributed by atoms with Crippen molar-refractivity contribution in [2.45, 2.75) is 17.6 Å². The van der Waals surface area contributed by atoms with Gasteiger partial charge in [-0.05, 0) is 27.4 Å². The van der Waals surface area contributed by atoms with Crippen LogP contribution in [0.2, 0.25) is 0 Å². The van der Waals surface area contributed by atoms with Gasteiger partial charge in [0, 0.05) is 24.0 Å². The van der Waals surface area contributed by atoms with Crippen molar-refractivity contribution in [2.24, 2.45) is 0 Å². The maximum Gasteiger partial charge on any atom is 0.255 e. The number of hydrogen-bond acceptors (Lipinski definition) is 4. The fourth-order valence-corrected chi connectivity index (χ4v) is 5.61. The lowest BCUT2D eigenvalue weighted by Gasteiger charge is -2.17. The molecule has 2 rings (SSSR count). The second-order valence-electron chi connectivity index (χ2n) is 3.89. The fourth-order valence-electron chi connectivity index (χ4n) is 1.77. The van der Waals surface area contributed by atoms with E-state index in [1.54, 1.807) is 23.3 Å². The molecule has 0 aromatic carbocycles. The summed E-state index contributed by atoms with van der Waals surface area (Å²) in [7, 11) is -3.49. The Kier molecular flexibility index (Phi) is 4.10. The van der Waals surface area contributed by atoms with Crippen molar-refractivity contribution < 1.29 is 13.2 Å². The molecule has 1 amide bonds. The number of carbonyl (C=O) groups is 1. The SMILES string of the molecule is CCC(=O)N1CCN(S(=O)(=O)c2sccc2Br)C1. The number of rotatable bonds is 3. The molecule has 1 aliphatic heterocycles. The molecule has 0 saturated carbocycles. The molecule has 2 heterocycles. The number of halogens is 1. The smallest absolute Gasteiger partial charge is 0.255 e. The number of amides is 1. The second kappa shape index (κ2) is 5.28. The molecule has 100 valence electrons. The zero-order valence-corrected chi connectivity index (χ0v) is 13.0. The number of hydrogen-bond donors (Lipinski definition) is 0. The number of sulfonamides is 1. The lowest BCUT2D eigenvalue weighted by molar-refractivity contribution is -0.130. The first kappa shape index (κ1) is 14.0. The summed E-state index contributed by atoms with van der Waals surface area (Å²) in [6.45, 7) is 2.75. The predicted molar refractivity (Wildman–Crippen MR) is 72.8 cm³/mol. The van der Waals surface area contributed by atoms with Gasteiger partial charge in [0.15, 0.2) is 0 Å². The van der Waals surface area contributed by atoms with Crippen molar-refractivity contribution >= 4 is 43.2 Å². The van der Waals surface area contributed by atoms with E-state index in [1.165, 1.54) is 15.6 Å². The molecule has 0 radical (unpaired) electrons. The number of carbonyl (C=O) groups excluding carboxylic acids is 1. The molecule has 0 aliphatic carbocycles. The highest BCUT2D eigenvalue weighted by Crippen LogP contribution is 2.31. The molecule has 0 atom stereocenters. The van der Waals surface area contributed by atoms with Crippen LogP contribution in [0.3, 0.4) is 0 Å². The Bertz CT molecular complexity index is 555. The maximum absolute atomic E-state index is 12.3. The van der Waals surface area contributed by atoms with Gasteiger partial charge < -0.3 is 4.90 Å². The predicted octanol–water partition coefficient (Wildman–Crippen LogP) is 1.71. The van der Waals surface area contributed by atoms with Gasteiger partial charge in [0.25, 0.3) is 10.0 Å². The lowest BCUT2D eigenvalue weighted by Crippen LogP contribution is -2.33. The summed E-state index contributed by atoms with van der Waals surface area (Å²) in [6.07, 6.45) is 0.399. The van der Waals surface area contributed by atoms with Crippen molar-refractivity contribution in [1.82, 2.24) is 9.21 Å². The van der Waals surface area contributed by atoms with Gasteiger partial charge >= 0.3 is 0 Å². The number of thiophene rings is 1. The van der Waals surface area contributed by atoms with Crippen molar-refractivity contribution in [1.29, 1.82) is 0 Å². The first-order valence-corrected chi connectivity index (χ1v) is 8.59. The molecule has 0 unspecified atom stereocenters. The highest BCUT2D eigenvalue weighted by molar-refractivity contribution is 9.10. The molecule has 18 heavy (non-hydrogen) atoms. The molecule has 1 saturated heterocycles. The summed E-state index contributed by atoms with van der Waals surface area (Å²) in [6, 6.07) is 1.71. The first-order valence-electron chi connectivity index (χ1n) is 5.47. The topological polar surface area (TPSA) is 57.7 Å². The monoisotopic (exact) mass is 352 g/mol. The Hall–Kier alpha value is -0.440. The van der Waals surface area contributed by atoms with E-state index in [9.17, 15) is 13.2 Å². The molecule has 1 aromatic heterocycles. The van der Waals surface area contributed by atoms with Crippen LogP contribution in [0.4, 0.5) is 0 Å². The van der Waals surface area contributed by atoms with Crippen LogP contribution in [-0.4, -0.2) is 43.3 Å². The van der Waals surface area contributed by atoms with Crippen LogP contribution < -0.4 is 0 Å². The van der Waals surface area contributed by atoms with Gasteiger partial charge in [-0.2, -0.15) is 4.31 Å². The molecule has 0 N–H and O–H groups in total. The Balaban J connectivity index is 2.19. The molecule has 1 aromatic rings. The van der Waals surface area contributed by atoms with Crippen LogP contribution in [0.15, 0.2) is 20.1 Å². The molecular formula is C10H13BrN2O3S2. The third-order valence-electron chi connectivity index (χ3n) is 2.76. The van der Waals surface area contributed by atoms with Gasteiger partial charge in [-0.1, -0.05) is 6.92 Å². The molecule has 1 fully saturated rings. The van der Waals surface area contributed by atoms with Crippen LogP contribution in [0.5, 0.6) is 0 Å². The third-order valence-corrected chi connectivity index (χ3v) is 7.24. The quantitative estimate of drug-likeness (QED) is 0.831. The minimum absolute atomic E-state index is 0.0158. The molecule has 1 aliphatic rings. The normalized spacial score (nSPS) is 17.3. The van der Waals surface area contributed by atoms with Crippen molar-refractivity contribution in [2.75, 3.05) is 19.8 Å². The minimum Gasteiger partial charge on any atom is -0.327 e. The summed E-state index contributed by atoms with van der Waals surface area (Å²) in [5, 5.41) is 1.72. The largest absolute Gasteiger partial charge is 0.327 e. The van der Waals surface area contributed by atoms with E-state index in [0.717, 1.165) is 0 Å². The van der Waals surface area contributed by atoms with E-state index in [4.69, 9.17) is 0 Å². The first-order chi connectivity index (χ1) is 8.46. The average molecular weight is 353 g/mol. The van der Waals surface area contributed by atoms with Gasteiger partial charge in [0.1, 0.15) is 4.21 Å². The maximum atomic E-state index is 12.3. The van der Waals surface area contributed by atoms with Crippen molar-refractivity contribution in [3.63, 3.8) is 0 Å². The zero-order chi connectivity index (χ0) is 13.3. The van der Waals surface area contributed by atoms with E-state index < -0.39 is 10.0 Å². The van der Waals surface area contributed by atoms with Crippen LogP contribution in [0.25, 0.3) is 0 Å². The van der Waals surface area contributed by atoms with Gasteiger partial charge in [-0.25, -0.2) is 8.42 Å². The van der Waals surface area contributed by atoms with E-state index in [-0.39, 0.29) is 12.6 Å². The van der Waals surface area contributed by atoms with E-state index in [1.807, 2.05) is 0 Å². The van der Waals surface area contributed by atoms with Crippen molar-refractivity contribution in [3.8, 4) is 0 Å². The number of nitrogens with zero attached hydrogens (tertiary/aromatic N) is 2. The Morgan fingerprint density at radius 1 is 1.50 bits per heavy atom. The highest BCUT2D eigenvalue weighted by Gasteiger charge is 2.34. The Labute approximate surface area is 119 Å². The van der Waals surface area contributed by atoms with Gasteiger partial charge in [-0.15, -0.1) is 11.3 Å². The van der Waals surface area contributed by atoms with E-state index in [2.05, 4.69) is 15.9 Å². The van der Waals surface area contributed by atoms with Gasteiger partial charge in [-0.3, -0.25) is 4.79 Å². The van der Waals surface area contributed by atoms with Crippen LogP contribution in [0, 0.1) is 0 Å². The average Bonchev–Trinajstić information content (AvgIpc) is 2.96. The summed E-state index contributed by atoms with van der Waals surface area (Å²) in [5.41, 5.74) is 0. The molecule has 0 spiro atoms. The lowest BCUT2D eigenvalue weighted by atomic mass is 10.4. The summed E-state index contributed by atoms with van der Waals surface area (Å²) in [4.78, 5) is 13.1. The van der Waals surface area contributed by atoms with Crippen molar-refractivity contribution in [3.05, 3.63) is 15.9 Å². The summed E-state index contributed by atoms with van der Waals surface area (Å²) < 4.78 is 26.9. The van der Waals surface area contributed by atoms with Crippen LogP contribution >= 0.6 is 27.3 Å². The summed E-state index contributed by atoms with van der Waals surface area (Å²) >= 11 is 4.41. The molecule has 0 bridgehead atoms. The second-order valence-corrected chi connectivity index (χ2v) is 7.79. The Morgan fingerprint density at radius 2 is 2.22 bits per heavy atom. The van der Waals surface area contributed by atoms with Crippen LogP contribution in [-0.2, 0) is 14.8 Å². The van der Waals surface area contributed by atoms with Crippen LogP contribution in [0.1, 0.15) is 13.3 Å². The Morgan fingerprint density at radius 3 is 2.78 bits per heavy atom. The fraction of sp³-hybridized carbons (Fsp3) is 0.500. The highest BCUT2D eigenvalue weighted by atomic mass is 79.9. The standard InChI is InChI=1S/C10H13BrN2O3S2/c1-2-9(14)12-4-5-13(7-12)18(15,16)10-8(11)3-6-17-10/h3,6H,2,4-5,7H2,1H3. The minimum atomic E-state index is -3.49. The van der Waals surface area contributed by atoms with Gasteiger partial charge in [0.2, 0.25) is 5.91 Å². The molecule has 8 heteroatoms.